The van der Waals surface area contributed by atoms with E-state index in [1.165, 1.54) is 25.0 Å². The van der Waals surface area contributed by atoms with Gasteiger partial charge in [-0.25, -0.2) is 13.4 Å². The number of hydrogen-bond acceptors (Lipinski definition) is 5. The molecule has 1 fully saturated rings. The first kappa shape index (κ1) is 19.5. The smallest absolute Gasteiger partial charge is 0.263 e. The second-order valence-corrected chi connectivity index (χ2v) is 9.02. The van der Waals surface area contributed by atoms with Gasteiger partial charge in [-0.3, -0.25) is 4.72 Å². The quantitative estimate of drug-likeness (QED) is 0.811. The number of ether oxygens (including phenoxy) is 1. The zero-order valence-corrected chi connectivity index (χ0v) is 16.9. The molecule has 6 nitrogen and oxygen atoms in total. The molecule has 1 N–H and O–H groups in total. The molecule has 146 valence electrons. The van der Waals surface area contributed by atoms with Crippen molar-refractivity contribution in [2.24, 2.45) is 5.92 Å². The average Bonchev–Trinajstić information content (AvgIpc) is 2.62. The second kappa shape index (κ2) is 8.17. The maximum absolute atomic E-state index is 12.6. The lowest BCUT2D eigenvalue weighted by Gasteiger charge is -2.32. The van der Waals surface area contributed by atoms with Gasteiger partial charge in [0.2, 0.25) is 0 Å². The molecule has 0 radical (unpaired) electrons. The number of aromatic nitrogens is 1. The van der Waals surface area contributed by atoms with Gasteiger partial charge >= 0.3 is 0 Å². The minimum absolute atomic E-state index is 0.0381. The molecule has 1 aliphatic rings. The molecule has 1 atom stereocenters. The molecule has 0 spiro atoms. The summed E-state index contributed by atoms with van der Waals surface area (Å²) in [7, 11) is -3.69. The summed E-state index contributed by atoms with van der Waals surface area (Å²) in [5.41, 5.74) is 1.03. The number of sulfonamides is 1. The largest absolute Gasteiger partial charge is 0.491 e. The first-order valence-corrected chi connectivity index (χ1v) is 10.8. The van der Waals surface area contributed by atoms with Crippen LogP contribution < -0.4 is 14.4 Å². The summed E-state index contributed by atoms with van der Waals surface area (Å²) in [5.74, 6) is 1.62. The van der Waals surface area contributed by atoms with Gasteiger partial charge in [-0.05, 0) is 69.0 Å². The Morgan fingerprint density at radius 1 is 1.19 bits per heavy atom. The van der Waals surface area contributed by atoms with E-state index in [1.807, 2.05) is 19.9 Å². The van der Waals surface area contributed by atoms with Crippen LogP contribution in [-0.2, 0) is 10.0 Å². The first-order chi connectivity index (χ1) is 12.8. The summed E-state index contributed by atoms with van der Waals surface area (Å²) in [5, 5.41) is 0. The highest BCUT2D eigenvalue weighted by atomic mass is 32.2. The summed E-state index contributed by atoms with van der Waals surface area (Å²) >= 11 is 0. The van der Waals surface area contributed by atoms with E-state index in [0.717, 1.165) is 18.8 Å². The molecule has 1 saturated heterocycles. The van der Waals surface area contributed by atoms with Gasteiger partial charge < -0.3 is 9.64 Å². The lowest BCUT2D eigenvalue weighted by Crippen LogP contribution is -2.34. The number of piperidine rings is 1. The van der Waals surface area contributed by atoms with Crippen LogP contribution in [0.5, 0.6) is 5.75 Å². The number of nitrogens with zero attached hydrogens (tertiary/aromatic N) is 2. The highest BCUT2D eigenvalue weighted by Crippen LogP contribution is 2.24. The van der Waals surface area contributed by atoms with Crippen LogP contribution in [0.25, 0.3) is 0 Å². The third kappa shape index (κ3) is 5.13. The van der Waals surface area contributed by atoms with Crippen LogP contribution >= 0.6 is 0 Å². The molecule has 1 unspecified atom stereocenters. The van der Waals surface area contributed by atoms with Crippen molar-refractivity contribution < 1.29 is 13.2 Å². The van der Waals surface area contributed by atoms with Crippen LogP contribution in [-0.4, -0.2) is 32.6 Å². The Labute approximate surface area is 161 Å². The molecule has 0 amide bonds. The van der Waals surface area contributed by atoms with Gasteiger partial charge in [-0.15, -0.1) is 0 Å². The Bertz CT molecular complexity index is 849. The van der Waals surface area contributed by atoms with E-state index in [1.54, 1.807) is 24.4 Å². The highest BCUT2D eigenvalue weighted by molar-refractivity contribution is 7.92. The van der Waals surface area contributed by atoms with E-state index < -0.39 is 10.0 Å². The van der Waals surface area contributed by atoms with Crippen molar-refractivity contribution in [3.05, 3.63) is 42.6 Å². The number of pyridine rings is 1. The maximum atomic E-state index is 12.6. The third-order valence-electron chi connectivity index (χ3n) is 4.51. The molecule has 1 aliphatic heterocycles. The summed E-state index contributed by atoms with van der Waals surface area (Å²) in [4.78, 5) is 6.76. The fraction of sp³-hybridized carbons (Fsp3) is 0.450. The van der Waals surface area contributed by atoms with Crippen molar-refractivity contribution >= 4 is 21.5 Å². The fourth-order valence-corrected chi connectivity index (χ4v) is 4.23. The van der Waals surface area contributed by atoms with Crippen molar-refractivity contribution in [1.29, 1.82) is 0 Å². The minimum atomic E-state index is -3.69. The SMILES string of the molecule is CC1CCCN(c2ccc(NS(=O)(=O)c3ccc(OC(C)C)cc3)nc2)C1. The lowest BCUT2D eigenvalue weighted by atomic mass is 10.00. The summed E-state index contributed by atoms with van der Waals surface area (Å²) in [6.07, 6.45) is 4.20. The van der Waals surface area contributed by atoms with Gasteiger partial charge in [0.15, 0.2) is 0 Å². The normalized spacial score (nSPS) is 17.8. The summed E-state index contributed by atoms with van der Waals surface area (Å²) in [6, 6.07) is 10.0. The van der Waals surface area contributed by atoms with Gasteiger partial charge in [-0.1, -0.05) is 6.92 Å². The Morgan fingerprint density at radius 3 is 2.52 bits per heavy atom. The number of benzene rings is 1. The molecule has 0 bridgehead atoms. The van der Waals surface area contributed by atoms with E-state index in [-0.39, 0.29) is 11.0 Å². The first-order valence-electron chi connectivity index (χ1n) is 9.34. The minimum Gasteiger partial charge on any atom is -0.491 e. The molecule has 1 aromatic carbocycles. The van der Waals surface area contributed by atoms with E-state index in [9.17, 15) is 8.42 Å². The maximum Gasteiger partial charge on any atom is 0.263 e. The van der Waals surface area contributed by atoms with E-state index >= 15 is 0 Å². The predicted octanol–water partition coefficient (Wildman–Crippen LogP) is 3.91. The number of hydrogen-bond donors (Lipinski definition) is 1. The summed E-state index contributed by atoms with van der Waals surface area (Å²) in [6.45, 7) is 8.12. The Kier molecular flexibility index (Phi) is 5.89. The average molecular weight is 390 g/mol. The molecule has 2 aromatic rings. The molecular formula is C20H27N3O3S. The van der Waals surface area contributed by atoms with Crippen LogP contribution in [0.15, 0.2) is 47.5 Å². The second-order valence-electron chi connectivity index (χ2n) is 7.34. The van der Waals surface area contributed by atoms with Crippen molar-refractivity contribution in [2.45, 2.75) is 44.6 Å². The predicted molar refractivity (Wildman–Crippen MR) is 108 cm³/mol. The van der Waals surface area contributed by atoms with Gasteiger partial charge in [-0.2, -0.15) is 0 Å². The lowest BCUT2D eigenvalue weighted by molar-refractivity contribution is 0.242. The van der Waals surface area contributed by atoms with Crippen LogP contribution in [0.2, 0.25) is 0 Å². The molecule has 27 heavy (non-hydrogen) atoms. The Balaban J connectivity index is 1.68. The number of nitrogens with one attached hydrogen (secondary N) is 1. The topological polar surface area (TPSA) is 71.5 Å². The third-order valence-corrected chi connectivity index (χ3v) is 5.89. The van der Waals surface area contributed by atoms with E-state index in [4.69, 9.17) is 4.74 Å². The fourth-order valence-electron chi connectivity index (χ4n) is 3.22. The van der Waals surface area contributed by atoms with Crippen LogP contribution in [0.3, 0.4) is 0 Å². The zero-order chi connectivity index (χ0) is 19.4. The number of anilines is 2. The van der Waals surface area contributed by atoms with Gasteiger partial charge in [0, 0.05) is 13.1 Å². The molecule has 3 rings (SSSR count). The molecule has 1 aromatic heterocycles. The molecule has 2 heterocycles. The van der Waals surface area contributed by atoms with Crippen molar-refractivity contribution in [2.75, 3.05) is 22.7 Å². The van der Waals surface area contributed by atoms with Crippen LogP contribution in [0.4, 0.5) is 11.5 Å². The van der Waals surface area contributed by atoms with Crippen molar-refractivity contribution in [1.82, 2.24) is 4.98 Å². The summed E-state index contributed by atoms with van der Waals surface area (Å²) < 4.78 is 33.2. The van der Waals surface area contributed by atoms with Crippen LogP contribution in [0, 0.1) is 5.92 Å². The Morgan fingerprint density at radius 2 is 1.93 bits per heavy atom. The highest BCUT2D eigenvalue weighted by Gasteiger charge is 2.18. The van der Waals surface area contributed by atoms with E-state index in [0.29, 0.717) is 17.5 Å². The van der Waals surface area contributed by atoms with Crippen molar-refractivity contribution in [3.8, 4) is 5.75 Å². The van der Waals surface area contributed by atoms with Gasteiger partial charge in [0.1, 0.15) is 11.6 Å². The molecule has 7 heteroatoms. The van der Waals surface area contributed by atoms with E-state index in [2.05, 4.69) is 21.5 Å². The monoisotopic (exact) mass is 389 g/mol. The van der Waals surface area contributed by atoms with Crippen molar-refractivity contribution in [3.63, 3.8) is 0 Å². The zero-order valence-electron chi connectivity index (χ0n) is 16.1. The van der Waals surface area contributed by atoms with Gasteiger partial charge in [0.05, 0.1) is 22.9 Å². The standard InChI is InChI=1S/C20H27N3O3S/c1-15(2)26-18-7-9-19(10-8-18)27(24,25)22-20-11-6-17(13-21-20)23-12-4-5-16(3)14-23/h6-11,13,15-16H,4-5,12,14H2,1-3H3,(H,21,22). The van der Waals surface area contributed by atoms with Crippen LogP contribution in [0.1, 0.15) is 33.6 Å². The molecular weight excluding hydrogens is 362 g/mol. The number of rotatable bonds is 6. The van der Waals surface area contributed by atoms with Gasteiger partial charge in [0.25, 0.3) is 10.0 Å². The Hall–Kier alpha value is -2.28. The molecule has 0 aliphatic carbocycles. The molecule has 0 saturated carbocycles.